The van der Waals surface area contributed by atoms with Gasteiger partial charge in [0, 0.05) is 30.7 Å². The molecule has 0 spiro atoms. The Morgan fingerprint density at radius 1 is 1.00 bits per heavy atom. The highest BCUT2D eigenvalue weighted by Crippen LogP contribution is 2.39. The minimum absolute atomic E-state index is 0.0370. The van der Waals surface area contributed by atoms with Crippen LogP contribution in [0.15, 0.2) is 72.4 Å². The van der Waals surface area contributed by atoms with Gasteiger partial charge in [-0.15, -0.1) is 0 Å². The lowest BCUT2D eigenvalue weighted by Gasteiger charge is -2.46. The van der Waals surface area contributed by atoms with Crippen molar-refractivity contribution in [1.29, 1.82) is 0 Å². The zero-order valence-corrected chi connectivity index (χ0v) is 34.0. The number of nitrogens with one attached hydrogen (secondary N) is 3. The maximum Gasteiger partial charge on any atom is 0.237 e. The molecule has 6 atom stereocenters. The molecule has 1 aliphatic carbocycles. The number of allylic oxidation sites excluding steroid dienone is 1. The van der Waals surface area contributed by atoms with E-state index in [-0.39, 0.29) is 42.5 Å². The molecule has 2 fully saturated rings. The maximum absolute atomic E-state index is 13.4. The van der Waals surface area contributed by atoms with E-state index in [9.17, 15) is 9.90 Å². The van der Waals surface area contributed by atoms with Gasteiger partial charge in [-0.2, -0.15) is 0 Å². The summed E-state index contributed by atoms with van der Waals surface area (Å²) in [7, 11) is 0. The first-order valence-electron chi connectivity index (χ1n) is 19.5. The Kier molecular flexibility index (Phi) is 23.5. The number of primary amides is 1. The fraction of sp³-hybridized carbons (Fsp3) is 0.581. The first-order valence-corrected chi connectivity index (χ1v) is 19.5. The number of rotatable bonds is 14. The Morgan fingerprint density at radius 2 is 1.58 bits per heavy atom. The summed E-state index contributed by atoms with van der Waals surface area (Å²) in [5, 5.41) is 26.4. The molecule has 2 aromatic rings. The van der Waals surface area contributed by atoms with E-state index in [0.29, 0.717) is 24.8 Å². The van der Waals surface area contributed by atoms with Crippen LogP contribution < -0.4 is 22.0 Å². The molecule has 0 bridgehead atoms. The van der Waals surface area contributed by atoms with E-state index < -0.39 is 6.10 Å². The summed E-state index contributed by atoms with van der Waals surface area (Å²) in [6.07, 6.45) is 8.41. The highest BCUT2D eigenvalue weighted by atomic mass is 16.8. The highest BCUT2D eigenvalue weighted by molar-refractivity contribution is 5.82. The number of benzene rings is 2. The van der Waals surface area contributed by atoms with Crippen molar-refractivity contribution in [3.05, 3.63) is 89.1 Å². The second-order valence-corrected chi connectivity index (χ2v) is 14.6. The van der Waals surface area contributed by atoms with E-state index in [4.69, 9.17) is 10.0 Å². The molecular weight excluding hydrogens is 667 g/mol. The smallest absolute Gasteiger partial charge is 0.237 e. The molecule has 10 nitrogen and oxygen atoms in total. The number of carbonyl (C=O) groups is 2. The van der Waals surface area contributed by atoms with Gasteiger partial charge >= 0.3 is 0 Å². The van der Waals surface area contributed by atoms with Crippen LogP contribution in [0.5, 0.6) is 0 Å². The summed E-state index contributed by atoms with van der Waals surface area (Å²) in [5.41, 5.74) is 11.5. The molecule has 2 aliphatic rings. The average molecular weight is 738 g/mol. The van der Waals surface area contributed by atoms with Gasteiger partial charge in [0.05, 0.1) is 24.3 Å². The quantitative estimate of drug-likeness (QED) is 0.0902. The molecule has 1 heterocycles. The highest BCUT2D eigenvalue weighted by Gasteiger charge is 2.41. The Bertz CT molecular complexity index is 1350. The van der Waals surface area contributed by atoms with E-state index in [0.717, 1.165) is 18.7 Å². The number of aliphatic hydroxyl groups is 1. The van der Waals surface area contributed by atoms with Gasteiger partial charge in [-0.1, -0.05) is 119 Å². The van der Waals surface area contributed by atoms with Crippen molar-refractivity contribution in [1.82, 2.24) is 21.2 Å². The van der Waals surface area contributed by atoms with Gasteiger partial charge in [0.1, 0.15) is 0 Å². The molecule has 4 rings (SSSR count). The fourth-order valence-corrected chi connectivity index (χ4v) is 6.94. The Morgan fingerprint density at radius 3 is 2.13 bits per heavy atom. The van der Waals surface area contributed by atoms with Crippen LogP contribution in [0.1, 0.15) is 104 Å². The lowest BCUT2D eigenvalue weighted by Crippen LogP contribution is -2.59. The van der Waals surface area contributed by atoms with E-state index in [2.05, 4.69) is 95.9 Å². The molecule has 0 radical (unpaired) electrons. The first kappa shape index (κ1) is 47.5. The number of carbonyl (C=O) groups excluding carboxylic acids is 2. The van der Waals surface area contributed by atoms with Gasteiger partial charge in [0.15, 0.2) is 0 Å². The van der Waals surface area contributed by atoms with Gasteiger partial charge in [-0.25, -0.2) is 0 Å². The molecule has 1 aliphatic heterocycles. The maximum atomic E-state index is 13.4. The number of aliphatic hydroxyl groups excluding tert-OH is 1. The summed E-state index contributed by atoms with van der Waals surface area (Å²) in [6, 6.07) is 18.4. The third-order valence-corrected chi connectivity index (χ3v) is 9.86. The average Bonchev–Trinajstić information content (AvgIpc) is 3.13. The molecule has 0 aromatic heterocycles. The van der Waals surface area contributed by atoms with Crippen molar-refractivity contribution in [3.63, 3.8) is 0 Å². The first-order chi connectivity index (χ1) is 25.3. The molecule has 1 saturated carbocycles. The van der Waals surface area contributed by atoms with Crippen molar-refractivity contribution >= 4 is 18.4 Å². The van der Waals surface area contributed by atoms with Crippen LogP contribution in [0.4, 0.5) is 0 Å². The lowest BCUT2D eigenvalue weighted by atomic mass is 9.72. The van der Waals surface area contributed by atoms with Gasteiger partial charge in [0.2, 0.25) is 12.3 Å². The minimum Gasteiger partial charge on any atom is -0.390 e. The molecule has 298 valence electrons. The van der Waals surface area contributed by atoms with Gasteiger partial charge in [-0.05, 0) is 89.3 Å². The van der Waals surface area contributed by atoms with Crippen LogP contribution in [-0.2, 0) is 20.8 Å². The molecule has 2 amide bonds. The molecule has 53 heavy (non-hydrogen) atoms. The number of amides is 2. The number of fused-ring (bicyclic) bond motifs is 1. The summed E-state index contributed by atoms with van der Waals surface area (Å²) >= 11 is 0. The predicted molar refractivity (Wildman–Crippen MR) is 218 cm³/mol. The molecule has 2 aromatic carbocycles. The van der Waals surface area contributed by atoms with Gasteiger partial charge in [-0.3, -0.25) is 24.5 Å². The largest absolute Gasteiger partial charge is 0.390 e. The predicted octanol–water partition coefficient (Wildman–Crippen LogP) is 6.95. The van der Waals surface area contributed by atoms with Gasteiger partial charge in [0.25, 0.3) is 0 Å². The second-order valence-electron chi connectivity index (χ2n) is 14.6. The Hall–Kier alpha value is -3.54. The normalized spacial score (nSPS) is 20.1. The van der Waals surface area contributed by atoms with Crippen LogP contribution >= 0.6 is 0 Å². The van der Waals surface area contributed by atoms with Crippen LogP contribution in [-0.4, -0.2) is 71.0 Å². The Balaban J connectivity index is 0.00000113. The van der Waals surface area contributed by atoms with E-state index in [1.807, 2.05) is 59.7 Å². The molecule has 7 N–H and O–H groups in total. The lowest BCUT2D eigenvalue weighted by molar-refractivity contribution is -0.152. The number of hydrogen-bond donors (Lipinski definition) is 6. The monoisotopic (exact) mass is 738 g/mol. The molecular formula is C43H71N5O5. The zero-order valence-electron chi connectivity index (χ0n) is 34.0. The second kappa shape index (κ2) is 26.3. The standard InChI is InChI=1S/C37H53N3O2.C3H9NO2.C2H6.CH3NO/c1-25(2)38-37(42)35-22-32-18-12-13-19-33(32)23-40(35)24-36(41)34(21-30-15-8-7-9-16-30)39-29(6)28(5)27(4)20-31-17-11-10-14-26(31)3;1-3(2)6-4-5;1-2;2-1-3/h7-11,14-17,20,25,28,32-36,39,41H,6,12-13,18-19,21-24H2,1-5H3,(H,38,42);3-5H,1-2H3;1-2H3;1H,(H2,2,3)/b27-20+;;;. The third kappa shape index (κ3) is 17.4. The molecule has 10 heteroatoms. The topological polar surface area (TPSA) is 149 Å². The van der Waals surface area contributed by atoms with E-state index in [1.165, 1.54) is 47.9 Å². The van der Waals surface area contributed by atoms with Crippen molar-refractivity contribution in [2.75, 3.05) is 13.1 Å². The van der Waals surface area contributed by atoms with E-state index >= 15 is 0 Å². The Labute approximate surface area is 320 Å². The summed E-state index contributed by atoms with van der Waals surface area (Å²) in [4.78, 5) is 28.6. The SMILES string of the molecule is C=C(NC(Cc1ccccc1)C(O)CN1CC2CCCCC2CC1C(=O)NC(C)C)C(C)/C(C)=C/c1ccccc1C.CC.CC(C)ONO.NC=O. The van der Waals surface area contributed by atoms with Crippen LogP contribution in [0.2, 0.25) is 0 Å². The number of likely N-dealkylation sites (tertiary alicyclic amines) is 1. The van der Waals surface area contributed by atoms with Crippen LogP contribution in [0.25, 0.3) is 6.08 Å². The third-order valence-electron chi connectivity index (χ3n) is 9.86. The minimum atomic E-state index is -0.663. The van der Waals surface area contributed by atoms with Crippen LogP contribution in [0.3, 0.4) is 0 Å². The van der Waals surface area contributed by atoms with Gasteiger partial charge < -0.3 is 21.5 Å². The number of aryl methyl sites for hydroxylation is 1. The number of hydrogen-bond acceptors (Lipinski definition) is 8. The summed E-state index contributed by atoms with van der Waals surface area (Å²) in [5.74, 6) is 1.41. The van der Waals surface area contributed by atoms with Crippen molar-refractivity contribution in [3.8, 4) is 0 Å². The fourth-order valence-electron chi connectivity index (χ4n) is 6.94. The van der Waals surface area contributed by atoms with Crippen molar-refractivity contribution in [2.45, 2.75) is 131 Å². The zero-order chi connectivity index (χ0) is 39.9. The van der Waals surface area contributed by atoms with Crippen LogP contribution in [0, 0.1) is 24.7 Å². The molecule has 1 saturated heterocycles. The van der Waals surface area contributed by atoms with Crippen molar-refractivity contribution in [2.24, 2.45) is 23.5 Å². The summed E-state index contributed by atoms with van der Waals surface area (Å²) < 4.78 is 0. The summed E-state index contributed by atoms with van der Waals surface area (Å²) in [6.45, 7) is 23.9. The number of nitrogens with zero attached hydrogens (tertiary/aromatic N) is 1. The number of nitrogens with two attached hydrogens (primary N) is 1. The number of β-amino-alcohol motifs (C(OH)–C–C–N with tert-alkyl or cyclic N) is 1. The van der Waals surface area contributed by atoms with E-state index in [1.54, 1.807) is 5.64 Å². The van der Waals surface area contributed by atoms with Crippen molar-refractivity contribution < 1.29 is 24.7 Å². The number of piperidine rings is 1. The molecule has 6 unspecified atom stereocenters.